The van der Waals surface area contributed by atoms with E-state index in [-0.39, 0.29) is 5.54 Å². The predicted molar refractivity (Wildman–Crippen MR) is 126 cm³/mol. The van der Waals surface area contributed by atoms with Crippen molar-refractivity contribution < 1.29 is 19.2 Å². The van der Waals surface area contributed by atoms with Gasteiger partial charge in [-0.15, -0.1) is 0 Å². The van der Waals surface area contributed by atoms with Crippen molar-refractivity contribution in [3.63, 3.8) is 0 Å². The van der Waals surface area contributed by atoms with Crippen LogP contribution in [0.15, 0.2) is 24.3 Å². The fourth-order valence-corrected chi connectivity index (χ4v) is 7.08. The minimum absolute atomic E-state index is 0.222. The molecule has 1 heterocycles. The third-order valence-corrected chi connectivity index (χ3v) is 8.40. The van der Waals surface area contributed by atoms with E-state index in [4.69, 9.17) is 0 Å². The highest BCUT2D eigenvalue weighted by molar-refractivity contribution is 6.10. The summed E-state index contributed by atoms with van der Waals surface area (Å²) in [5, 5.41) is 8.15. The van der Waals surface area contributed by atoms with Crippen LogP contribution in [0.5, 0.6) is 0 Å². The van der Waals surface area contributed by atoms with Crippen molar-refractivity contribution in [1.82, 2.24) is 20.9 Å². The van der Waals surface area contributed by atoms with E-state index >= 15 is 0 Å². The maximum absolute atomic E-state index is 13.1. The largest absolute Gasteiger partial charge is 0.332 e. The van der Waals surface area contributed by atoms with E-state index in [1.165, 1.54) is 19.3 Å². The Morgan fingerprint density at radius 3 is 2.12 bits per heavy atom. The summed E-state index contributed by atoms with van der Waals surface area (Å²) in [5.74, 6) is 1.17. The van der Waals surface area contributed by atoms with Gasteiger partial charge < -0.3 is 10.6 Å². The van der Waals surface area contributed by atoms with Gasteiger partial charge >= 0.3 is 12.1 Å². The lowest BCUT2D eigenvalue weighted by molar-refractivity contribution is -0.134. The summed E-state index contributed by atoms with van der Waals surface area (Å²) in [4.78, 5) is 51.9. The van der Waals surface area contributed by atoms with Crippen molar-refractivity contribution in [1.29, 1.82) is 0 Å². The summed E-state index contributed by atoms with van der Waals surface area (Å²) in [6, 6.07) is 6.36. The van der Waals surface area contributed by atoms with Crippen molar-refractivity contribution in [2.24, 2.45) is 17.8 Å². The van der Waals surface area contributed by atoms with E-state index in [1.54, 1.807) is 6.92 Å². The Balaban J connectivity index is 1.20. The van der Waals surface area contributed by atoms with Gasteiger partial charge in [-0.05, 0) is 80.2 Å². The molecule has 3 N–H and O–H groups in total. The number of urea groups is 2. The monoisotopic (exact) mass is 466 g/mol. The second-order valence-electron chi connectivity index (χ2n) is 11.4. The zero-order chi connectivity index (χ0) is 24.3. The Kier molecular flexibility index (Phi) is 5.45. The molecular weight excluding hydrogens is 432 g/mol. The summed E-state index contributed by atoms with van der Waals surface area (Å²) in [6.07, 6.45) is 6.69. The number of hydrogen-bond acceptors (Lipinski definition) is 4. The predicted octanol–water partition coefficient (Wildman–Crippen LogP) is 3.37. The second-order valence-corrected chi connectivity index (χ2v) is 11.4. The van der Waals surface area contributed by atoms with Crippen LogP contribution >= 0.6 is 0 Å². The highest BCUT2D eigenvalue weighted by atomic mass is 16.2. The molecular formula is C26H34N4O4. The molecule has 0 radical (unpaired) electrons. The first kappa shape index (κ1) is 22.9. The first-order valence-corrected chi connectivity index (χ1v) is 12.4. The highest BCUT2D eigenvalue weighted by Crippen LogP contribution is 2.55. The second kappa shape index (κ2) is 8.10. The lowest BCUT2D eigenvalue weighted by Crippen LogP contribution is -2.62. The molecule has 5 fully saturated rings. The van der Waals surface area contributed by atoms with Gasteiger partial charge in [0.15, 0.2) is 0 Å². The minimum atomic E-state index is -1.26. The van der Waals surface area contributed by atoms with Crippen LogP contribution in [0, 0.1) is 17.8 Å². The fourth-order valence-electron chi connectivity index (χ4n) is 7.08. The Morgan fingerprint density at radius 1 is 1.03 bits per heavy atom. The molecule has 0 spiro atoms. The van der Waals surface area contributed by atoms with Crippen molar-refractivity contribution in [3.05, 3.63) is 35.4 Å². The molecule has 182 valence electrons. The van der Waals surface area contributed by atoms with Crippen LogP contribution in [0.25, 0.3) is 0 Å². The molecule has 0 aromatic heterocycles. The van der Waals surface area contributed by atoms with Gasteiger partial charge in [-0.3, -0.25) is 19.8 Å². The number of imide groups is 2. The zero-order valence-electron chi connectivity index (χ0n) is 20.1. The number of hydrogen-bond donors (Lipinski definition) is 3. The minimum Gasteiger partial charge on any atom is -0.332 e. The summed E-state index contributed by atoms with van der Waals surface area (Å²) < 4.78 is 0. The van der Waals surface area contributed by atoms with Gasteiger partial charge in [-0.2, -0.15) is 0 Å². The summed E-state index contributed by atoms with van der Waals surface area (Å²) >= 11 is 0. The Morgan fingerprint density at radius 2 is 1.59 bits per heavy atom. The van der Waals surface area contributed by atoms with Gasteiger partial charge in [0.2, 0.25) is 5.91 Å². The SMILES string of the molecule is CC(C)c1ccc([C@@]2(C)NC(=O)N(CC(=O)NC(=O)NC34CC5CC(CC(C5)C3)C4)C2=O)cc1. The molecule has 8 heteroatoms. The number of amides is 6. The van der Waals surface area contributed by atoms with Crippen molar-refractivity contribution in [2.75, 3.05) is 6.54 Å². The first-order chi connectivity index (χ1) is 16.1. The van der Waals surface area contributed by atoms with Gasteiger partial charge in [-0.25, -0.2) is 9.59 Å². The quantitative estimate of drug-likeness (QED) is 0.578. The molecule has 4 bridgehead atoms. The van der Waals surface area contributed by atoms with Gasteiger partial charge in [0.1, 0.15) is 12.1 Å². The van der Waals surface area contributed by atoms with E-state index in [0.29, 0.717) is 29.2 Å². The molecule has 34 heavy (non-hydrogen) atoms. The number of benzene rings is 1. The zero-order valence-corrected chi connectivity index (χ0v) is 20.1. The normalized spacial score (nSPS) is 33.9. The van der Waals surface area contributed by atoms with Crippen LogP contribution in [0.4, 0.5) is 9.59 Å². The van der Waals surface area contributed by atoms with Crippen LogP contribution in [0.3, 0.4) is 0 Å². The van der Waals surface area contributed by atoms with E-state index < -0.39 is 36.0 Å². The van der Waals surface area contributed by atoms with Gasteiger partial charge in [0.05, 0.1) is 0 Å². The van der Waals surface area contributed by atoms with Gasteiger partial charge in [0.25, 0.3) is 5.91 Å². The smallest absolute Gasteiger partial charge is 0.325 e. The molecule has 8 nitrogen and oxygen atoms in total. The molecule has 1 aliphatic heterocycles. The average molecular weight is 467 g/mol. The number of carbonyl (C=O) groups excluding carboxylic acids is 4. The van der Waals surface area contributed by atoms with Gasteiger partial charge in [0, 0.05) is 5.54 Å². The van der Waals surface area contributed by atoms with E-state index in [1.807, 2.05) is 24.3 Å². The number of carbonyl (C=O) groups is 4. The molecule has 6 amide bonds. The average Bonchev–Trinajstić information content (AvgIpc) is 2.96. The summed E-state index contributed by atoms with van der Waals surface area (Å²) in [5.41, 5.74) is 0.303. The molecule has 4 aliphatic carbocycles. The van der Waals surface area contributed by atoms with Crippen molar-refractivity contribution >= 4 is 23.9 Å². The molecule has 6 rings (SSSR count). The topological polar surface area (TPSA) is 108 Å². The number of rotatable bonds is 5. The van der Waals surface area contributed by atoms with Crippen molar-refractivity contribution in [3.8, 4) is 0 Å². The van der Waals surface area contributed by atoms with E-state index in [9.17, 15) is 19.2 Å². The Hall–Kier alpha value is -2.90. The molecule has 0 unspecified atom stereocenters. The molecule has 4 saturated carbocycles. The summed E-state index contributed by atoms with van der Waals surface area (Å²) in [7, 11) is 0. The first-order valence-electron chi connectivity index (χ1n) is 12.4. The lowest BCUT2D eigenvalue weighted by atomic mass is 9.53. The van der Waals surface area contributed by atoms with E-state index in [0.717, 1.165) is 29.7 Å². The van der Waals surface area contributed by atoms with Crippen LogP contribution < -0.4 is 16.0 Å². The van der Waals surface area contributed by atoms with Crippen LogP contribution in [0.1, 0.15) is 76.3 Å². The molecule has 5 aliphatic rings. The standard InChI is InChI=1S/C26H34N4O4/c1-15(2)19-4-6-20(7-5-19)25(3)22(32)30(24(34)29-25)14-21(31)27-23(33)28-26-11-16-8-17(12-26)10-18(9-16)13-26/h4-7,15-18H,8-14H2,1-3H3,(H,29,34)(H2,27,28,31,33)/t16?,17?,18?,25-,26?/m1/s1. The van der Waals surface area contributed by atoms with Crippen LogP contribution in [-0.2, 0) is 15.1 Å². The van der Waals surface area contributed by atoms with Crippen molar-refractivity contribution in [2.45, 2.75) is 76.3 Å². The third kappa shape index (κ3) is 3.97. The number of nitrogens with zero attached hydrogens (tertiary/aromatic N) is 1. The van der Waals surface area contributed by atoms with Gasteiger partial charge in [-0.1, -0.05) is 38.1 Å². The summed E-state index contributed by atoms with van der Waals surface area (Å²) in [6.45, 7) is 5.30. The Bertz CT molecular complexity index is 998. The molecule has 1 aromatic rings. The molecule has 1 aromatic carbocycles. The Labute approximate surface area is 200 Å². The lowest BCUT2D eigenvalue weighted by Gasteiger charge is -2.56. The van der Waals surface area contributed by atoms with Crippen LogP contribution in [0.2, 0.25) is 0 Å². The molecule has 1 atom stereocenters. The van der Waals surface area contributed by atoms with E-state index in [2.05, 4.69) is 29.8 Å². The number of nitrogens with one attached hydrogen (secondary N) is 3. The molecule has 1 saturated heterocycles. The maximum atomic E-state index is 13.1. The fraction of sp³-hybridized carbons (Fsp3) is 0.615. The third-order valence-electron chi connectivity index (χ3n) is 8.40. The maximum Gasteiger partial charge on any atom is 0.325 e. The van der Waals surface area contributed by atoms with Crippen LogP contribution in [-0.4, -0.2) is 40.9 Å². The highest BCUT2D eigenvalue weighted by Gasteiger charge is 2.52.